The fraction of sp³-hybridized carbons (Fsp3) is 0.472. The van der Waals surface area contributed by atoms with Crippen LogP contribution in [0.2, 0.25) is 0 Å². The van der Waals surface area contributed by atoms with E-state index >= 15 is 0 Å². The molecule has 0 fully saturated rings. The molecule has 0 aromatic heterocycles. The Morgan fingerprint density at radius 1 is 0.774 bits per heavy atom. The van der Waals surface area contributed by atoms with Gasteiger partial charge in [0.05, 0.1) is 12.6 Å². The summed E-state index contributed by atoms with van der Waals surface area (Å²) < 4.78 is 0. The summed E-state index contributed by atoms with van der Waals surface area (Å²) in [4.78, 5) is 83.4. The Morgan fingerprint density at radius 3 is 1.96 bits per heavy atom. The molecular weight excluding hydrogens is 684 g/mol. The minimum Gasteiger partial charge on any atom is -0.508 e. The van der Waals surface area contributed by atoms with Crippen LogP contribution in [0.25, 0.3) is 0 Å². The van der Waals surface area contributed by atoms with E-state index in [9.17, 15) is 33.9 Å². The Kier molecular flexibility index (Phi) is 17.7. The second-order valence-electron chi connectivity index (χ2n) is 13.2. The number of aromatic hydroxyl groups is 1. The Morgan fingerprint density at radius 2 is 1.38 bits per heavy atom. The van der Waals surface area contributed by atoms with Crippen molar-refractivity contribution in [1.29, 1.82) is 0 Å². The fourth-order valence-electron chi connectivity index (χ4n) is 5.25. The molecule has 13 N–H and O–H groups in total. The van der Waals surface area contributed by atoms with Crippen molar-refractivity contribution in [2.24, 2.45) is 33.8 Å². The number of carbonyl (C=O) groups excluding carboxylic acids is 6. The number of amides is 6. The normalized spacial score (nSPS) is 13.7. The van der Waals surface area contributed by atoms with Gasteiger partial charge in [0.15, 0.2) is 5.96 Å². The molecule has 0 saturated carbocycles. The van der Waals surface area contributed by atoms with Crippen molar-refractivity contribution in [1.82, 2.24) is 26.2 Å². The molecule has 0 aliphatic carbocycles. The Hall–Kier alpha value is -5.71. The smallest absolute Gasteiger partial charge is 0.243 e. The maximum Gasteiger partial charge on any atom is 0.243 e. The van der Waals surface area contributed by atoms with Gasteiger partial charge in [0.25, 0.3) is 0 Å². The zero-order valence-corrected chi connectivity index (χ0v) is 30.7. The summed E-state index contributed by atoms with van der Waals surface area (Å²) >= 11 is 0. The molecule has 2 aromatic rings. The third kappa shape index (κ3) is 15.6. The highest BCUT2D eigenvalue weighted by molar-refractivity contribution is 5.95. The van der Waals surface area contributed by atoms with Gasteiger partial charge in [0.1, 0.15) is 29.9 Å². The first kappa shape index (κ1) is 43.5. The number of hydrogen-bond donors (Lipinski definition) is 9. The van der Waals surface area contributed by atoms with Gasteiger partial charge in [-0.15, -0.1) is 0 Å². The highest BCUT2D eigenvalue weighted by Gasteiger charge is 2.32. The average Bonchev–Trinajstić information content (AvgIpc) is 3.10. The van der Waals surface area contributed by atoms with Gasteiger partial charge in [-0.05, 0) is 61.8 Å². The highest BCUT2D eigenvalue weighted by atomic mass is 16.3. The zero-order chi connectivity index (χ0) is 39.7. The van der Waals surface area contributed by atoms with E-state index in [-0.39, 0.29) is 49.9 Å². The number of benzene rings is 2. The monoisotopic (exact) mass is 738 g/mol. The van der Waals surface area contributed by atoms with Gasteiger partial charge in [-0.2, -0.15) is 0 Å². The van der Waals surface area contributed by atoms with Gasteiger partial charge in [-0.25, -0.2) is 0 Å². The van der Waals surface area contributed by atoms with Crippen LogP contribution in [0.1, 0.15) is 51.2 Å². The van der Waals surface area contributed by atoms with E-state index in [1.54, 1.807) is 42.5 Å². The van der Waals surface area contributed by atoms with Crippen molar-refractivity contribution in [3.63, 3.8) is 0 Å². The van der Waals surface area contributed by atoms with Crippen LogP contribution in [0.4, 0.5) is 0 Å². The molecule has 2 rings (SSSR count). The van der Waals surface area contributed by atoms with E-state index in [4.69, 9.17) is 22.9 Å². The van der Waals surface area contributed by atoms with Gasteiger partial charge in [0.2, 0.25) is 35.4 Å². The van der Waals surface area contributed by atoms with Crippen LogP contribution < -0.4 is 44.2 Å². The van der Waals surface area contributed by atoms with E-state index in [1.165, 1.54) is 31.0 Å². The highest BCUT2D eigenvalue weighted by Crippen LogP contribution is 2.13. The Labute approximate surface area is 309 Å². The summed E-state index contributed by atoms with van der Waals surface area (Å²) in [6, 6.07) is 9.91. The first-order chi connectivity index (χ1) is 25.0. The molecule has 0 heterocycles. The van der Waals surface area contributed by atoms with Crippen molar-refractivity contribution < 1.29 is 33.9 Å². The summed E-state index contributed by atoms with van der Waals surface area (Å²) in [6.45, 7) is 4.89. The number of phenols is 1. The minimum atomic E-state index is -1.11. The van der Waals surface area contributed by atoms with Crippen LogP contribution >= 0.6 is 0 Å². The first-order valence-corrected chi connectivity index (χ1v) is 17.3. The number of likely N-dealkylation sites (N-methyl/N-ethyl adjacent to an activating group) is 1. The van der Waals surface area contributed by atoms with Gasteiger partial charge >= 0.3 is 0 Å². The number of phenolic OH excluding ortho intramolecular Hbond substituents is 1. The molecule has 0 radical (unpaired) electrons. The van der Waals surface area contributed by atoms with Crippen molar-refractivity contribution in [3.8, 4) is 5.75 Å². The lowest BCUT2D eigenvalue weighted by Gasteiger charge is -2.30. The van der Waals surface area contributed by atoms with Crippen LogP contribution in [0, 0.1) is 5.92 Å². The molecule has 0 saturated heterocycles. The number of rotatable bonds is 21. The number of nitrogens with one attached hydrogen (secondary N) is 4. The second kappa shape index (κ2) is 21.6. The van der Waals surface area contributed by atoms with E-state index < -0.39 is 72.2 Å². The van der Waals surface area contributed by atoms with Crippen LogP contribution in [0.3, 0.4) is 0 Å². The molecular formula is C36H54N10O7. The van der Waals surface area contributed by atoms with E-state index in [2.05, 4.69) is 26.3 Å². The van der Waals surface area contributed by atoms with Crippen molar-refractivity contribution in [3.05, 3.63) is 65.7 Å². The van der Waals surface area contributed by atoms with Crippen LogP contribution in [0.15, 0.2) is 59.6 Å². The number of carbonyl (C=O) groups is 6. The van der Waals surface area contributed by atoms with Gasteiger partial charge in [-0.1, -0.05) is 56.3 Å². The molecule has 5 atom stereocenters. The standard InChI is InChI=1S/C36H54N10O7/c1-21(2)17-28(34(52)44-27(31(38)49)11-8-16-41-36(39)40)45-35(53)29(19-23-9-6-5-7-10-23)46(4)30(48)20-42-32(50)22(3)43-33(51)26(37)18-24-12-14-25(47)15-13-24/h5-7,9-10,12-15,21-22,26-29,47H,8,11,16-20,37H2,1-4H3,(H2,38,49)(H,42,50)(H,43,51)(H,44,52)(H,45,53)(H4,39,40,41)/t22-,26+,27+,28+,29-/m1/s1. The number of hydrogen-bond acceptors (Lipinski definition) is 9. The quantitative estimate of drug-likeness (QED) is 0.0406. The Balaban J connectivity index is 2.12. The van der Waals surface area contributed by atoms with Crippen LogP contribution in [0.5, 0.6) is 5.75 Å². The summed E-state index contributed by atoms with van der Waals surface area (Å²) in [5, 5.41) is 19.8. The van der Waals surface area contributed by atoms with Crippen molar-refractivity contribution in [2.75, 3.05) is 20.1 Å². The molecule has 17 heteroatoms. The summed E-state index contributed by atoms with van der Waals surface area (Å²) in [5.74, 6) is -3.97. The van der Waals surface area contributed by atoms with Crippen molar-refractivity contribution >= 4 is 41.4 Å². The van der Waals surface area contributed by atoms with Gasteiger partial charge in [0, 0.05) is 20.0 Å². The zero-order valence-electron chi connectivity index (χ0n) is 30.7. The number of primary amides is 1. The number of nitrogens with two attached hydrogens (primary N) is 4. The first-order valence-electron chi connectivity index (χ1n) is 17.3. The van der Waals surface area contributed by atoms with Gasteiger partial charge < -0.3 is 54.2 Å². The SMILES string of the molecule is CC(C)C[C@H](NC(=O)[C@@H](Cc1ccccc1)N(C)C(=O)CNC(=O)[C@@H](C)NC(=O)[C@@H](N)Cc1ccc(O)cc1)C(=O)N[C@@H](CCCN=C(N)N)C(N)=O. The molecule has 0 spiro atoms. The summed E-state index contributed by atoms with van der Waals surface area (Å²) in [6.07, 6.45) is 0.981. The molecule has 17 nitrogen and oxygen atoms in total. The molecule has 0 bridgehead atoms. The maximum absolute atomic E-state index is 13.9. The molecule has 290 valence electrons. The third-order valence-corrected chi connectivity index (χ3v) is 8.28. The lowest BCUT2D eigenvalue weighted by atomic mass is 10.00. The summed E-state index contributed by atoms with van der Waals surface area (Å²) in [5.41, 5.74) is 23.7. The predicted molar refractivity (Wildman–Crippen MR) is 200 cm³/mol. The van der Waals surface area contributed by atoms with Crippen LogP contribution in [-0.4, -0.2) is 102 Å². The predicted octanol–water partition coefficient (Wildman–Crippen LogP) is -1.49. The largest absolute Gasteiger partial charge is 0.508 e. The second-order valence-corrected chi connectivity index (χ2v) is 13.2. The lowest BCUT2D eigenvalue weighted by molar-refractivity contribution is -0.140. The van der Waals surface area contributed by atoms with E-state index in [0.717, 1.165) is 5.56 Å². The fourth-order valence-corrected chi connectivity index (χ4v) is 5.25. The number of aliphatic imine (C=N–C) groups is 1. The van der Waals surface area contributed by atoms with E-state index in [1.807, 2.05) is 13.8 Å². The molecule has 6 amide bonds. The van der Waals surface area contributed by atoms with Crippen molar-refractivity contribution in [2.45, 2.75) is 83.1 Å². The molecule has 0 unspecified atom stereocenters. The lowest BCUT2D eigenvalue weighted by Crippen LogP contribution is -2.58. The number of nitrogens with zero attached hydrogens (tertiary/aromatic N) is 2. The maximum atomic E-state index is 13.9. The minimum absolute atomic E-state index is 0.0491. The molecule has 0 aliphatic rings. The van der Waals surface area contributed by atoms with E-state index in [0.29, 0.717) is 12.0 Å². The number of guanidine groups is 1. The molecule has 2 aromatic carbocycles. The van der Waals surface area contributed by atoms with Gasteiger partial charge in [-0.3, -0.25) is 33.8 Å². The average molecular weight is 739 g/mol. The summed E-state index contributed by atoms with van der Waals surface area (Å²) in [7, 11) is 1.41. The third-order valence-electron chi connectivity index (χ3n) is 8.28. The topological polar surface area (TPSA) is 290 Å². The Bertz CT molecular complexity index is 1570. The molecule has 0 aliphatic heterocycles. The van der Waals surface area contributed by atoms with Crippen LogP contribution in [-0.2, 0) is 41.6 Å². The molecule has 53 heavy (non-hydrogen) atoms.